The minimum atomic E-state index is -4.41. The molecule has 0 radical (unpaired) electrons. The molecule has 1 saturated carbocycles. The molecule has 162 valence electrons. The summed E-state index contributed by atoms with van der Waals surface area (Å²) in [5, 5.41) is 7.37. The number of nitrogens with one attached hydrogen (secondary N) is 1. The van der Waals surface area contributed by atoms with Crippen LogP contribution in [0.3, 0.4) is 0 Å². The summed E-state index contributed by atoms with van der Waals surface area (Å²) in [6, 6.07) is 4.38. The predicted molar refractivity (Wildman–Crippen MR) is 103 cm³/mol. The molecule has 1 aromatic carbocycles. The van der Waals surface area contributed by atoms with Crippen LogP contribution >= 0.6 is 0 Å². The number of aromatic nitrogens is 3. The Balaban J connectivity index is 1.41. The van der Waals surface area contributed by atoms with Crippen molar-refractivity contribution in [3.8, 4) is 5.75 Å². The lowest BCUT2D eigenvalue weighted by molar-refractivity contribution is -0.147. The van der Waals surface area contributed by atoms with E-state index in [0.717, 1.165) is 49.5 Å². The van der Waals surface area contributed by atoms with Gasteiger partial charge in [0.1, 0.15) is 11.6 Å². The van der Waals surface area contributed by atoms with E-state index in [9.17, 15) is 18.0 Å². The molecule has 1 aromatic heterocycles. The molecule has 6 nitrogen and oxygen atoms in total. The van der Waals surface area contributed by atoms with Gasteiger partial charge < -0.3 is 9.64 Å². The second-order valence-corrected chi connectivity index (χ2v) is 8.58. The molecular weight excluding hydrogens is 397 g/mol. The fraction of sp³-hybridized carbons (Fsp3) is 0.571. The number of carbonyl (C=O) groups is 1. The van der Waals surface area contributed by atoms with Crippen molar-refractivity contribution in [1.82, 2.24) is 20.1 Å². The summed E-state index contributed by atoms with van der Waals surface area (Å²) in [6.45, 7) is 4.37. The van der Waals surface area contributed by atoms with Crippen LogP contribution < -0.4 is 4.74 Å². The summed E-state index contributed by atoms with van der Waals surface area (Å²) in [6.07, 6.45) is -0.392. The molecule has 0 spiro atoms. The second-order valence-electron chi connectivity index (χ2n) is 8.58. The van der Waals surface area contributed by atoms with Crippen molar-refractivity contribution in [2.75, 3.05) is 13.1 Å². The highest BCUT2D eigenvalue weighted by atomic mass is 19.4. The maximum atomic E-state index is 13.1. The number of hydrogen-bond donors (Lipinski definition) is 1. The van der Waals surface area contributed by atoms with Crippen LogP contribution in [0.4, 0.5) is 13.2 Å². The van der Waals surface area contributed by atoms with Crippen LogP contribution in [0.1, 0.15) is 68.6 Å². The number of piperidine rings is 1. The average Bonchev–Trinajstić information content (AvgIpc) is 3.43. The minimum Gasteiger partial charge on any atom is -0.478 e. The lowest BCUT2D eigenvalue weighted by Gasteiger charge is -2.37. The van der Waals surface area contributed by atoms with Gasteiger partial charge in [0.25, 0.3) is 5.91 Å². The molecule has 1 saturated heterocycles. The van der Waals surface area contributed by atoms with E-state index in [4.69, 9.17) is 4.74 Å². The van der Waals surface area contributed by atoms with Gasteiger partial charge in [-0.25, -0.2) is 4.98 Å². The highest BCUT2D eigenvalue weighted by Gasteiger charge is 2.38. The third-order valence-corrected chi connectivity index (χ3v) is 5.63. The number of rotatable bonds is 5. The number of halogens is 3. The van der Waals surface area contributed by atoms with Gasteiger partial charge in [-0.05, 0) is 63.8 Å². The molecule has 1 atom stereocenters. The number of benzene rings is 1. The molecule has 1 aliphatic carbocycles. The number of hydrogen-bond acceptors (Lipinski definition) is 4. The van der Waals surface area contributed by atoms with Gasteiger partial charge in [0.15, 0.2) is 11.4 Å². The molecule has 4 rings (SSSR count). The molecule has 1 unspecified atom stereocenters. The standard InChI is InChI=1S/C21H25F3N4O2/c1-20(2,30-16-9-7-15(8-10-16)21(22,23)24)19(29)28-11-3-4-14(12-28)18-25-17(26-27-18)13-5-6-13/h7-10,13-14H,3-6,11-12H2,1-2H3,(H,25,26,27). The summed E-state index contributed by atoms with van der Waals surface area (Å²) >= 11 is 0. The molecule has 2 heterocycles. The van der Waals surface area contributed by atoms with Crippen LogP contribution in [0.25, 0.3) is 0 Å². The minimum absolute atomic E-state index is 0.0633. The molecule has 2 fully saturated rings. The van der Waals surface area contributed by atoms with Gasteiger partial charge in [-0.3, -0.25) is 9.89 Å². The summed E-state index contributed by atoms with van der Waals surface area (Å²) in [5.41, 5.74) is -1.96. The van der Waals surface area contributed by atoms with Crippen LogP contribution in [0, 0.1) is 0 Å². The van der Waals surface area contributed by atoms with E-state index >= 15 is 0 Å². The first kappa shape index (κ1) is 20.7. The molecule has 9 heteroatoms. The van der Waals surface area contributed by atoms with Gasteiger partial charge >= 0.3 is 6.18 Å². The van der Waals surface area contributed by atoms with Crippen molar-refractivity contribution in [1.29, 1.82) is 0 Å². The summed E-state index contributed by atoms with van der Waals surface area (Å²) in [7, 11) is 0. The molecule has 1 N–H and O–H groups in total. The second kappa shape index (κ2) is 7.59. The Morgan fingerprint density at radius 2 is 1.83 bits per heavy atom. The zero-order valence-electron chi connectivity index (χ0n) is 17.0. The topological polar surface area (TPSA) is 71.1 Å². The van der Waals surface area contributed by atoms with Crippen LogP contribution in [0.15, 0.2) is 24.3 Å². The first-order chi connectivity index (χ1) is 14.1. The summed E-state index contributed by atoms with van der Waals surface area (Å²) < 4.78 is 44.0. The van der Waals surface area contributed by atoms with Gasteiger partial charge in [0.2, 0.25) is 0 Å². The molecule has 0 bridgehead atoms. The van der Waals surface area contributed by atoms with E-state index in [2.05, 4.69) is 15.2 Å². The predicted octanol–water partition coefficient (Wildman–Crippen LogP) is 4.26. The van der Waals surface area contributed by atoms with E-state index < -0.39 is 17.3 Å². The molecule has 30 heavy (non-hydrogen) atoms. The van der Waals surface area contributed by atoms with Crippen LogP contribution in [-0.4, -0.2) is 44.7 Å². The van der Waals surface area contributed by atoms with Crippen molar-refractivity contribution in [3.63, 3.8) is 0 Å². The number of H-pyrrole nitrogens is 1. The SMILES string of the molecule is CC(C)(Oc1ccc(C(F)(F)F)cc1)C(=O)N1CCCC(c2n[nH]c(C3CC3)n2)C1. The van der Waals surface area contributed by atoms with Crippen molar-refractivity contribution in [2.45, 2.75) is 63.1 Å². The van der Waals surface area contributed by atoms with Crippen LogP contribution in [0.2, 0.25) is 0 Å². The van der Waals surface area contributed by atoms with Gasteiger partial charge in [0, 0.05) is 24.9 Å². The normalized spacial score (nSPS) is 20.3. The monoisotopic (exact) mass is 422 g/mol. The summed E-state index contributed by atoms with van der Waals surface area (Å²) in [4.78, 5) is 19.5. The zero-order valence-corrected chi connectivity index (χ0v) is 17.0. The third-order valence-electron chi connectivity index (χ3n) is 5.63. The van der Waals surface area contributed by atoms with Crippen LogP contribution in [0.5, 0.6) is 5.75 Å². The Morgan fingerprint density at radius 3 is 2.47 bits per heavy atom. The number of amides is 1. The quantitative estimate of drug-likeness (QED) is 0.782. The summed E-state index contributed by atoms with van der Waals surface area (Å²) in [5.74, 6) is 2.25. The Hall–Kier alpha value is -2.58. The van der Waals surface area contributed by atoms with E-state index in [1.807, 2.05) is 0 Å². The highest BCUT2D eigenvalue weighted by molar-refractivity contribution is 5.85. The van der Waals surface area contributed by atoms with Crippen molar-refractivity contribution >= 4 is 5.91 Å². The average molecular weight is 422 g/mol. The Morgan fingerprint density at radius 1 is 1.13 bits per heavy atom. The number of ether oxygens (including phenoxy) is 1. The van der Waals surface area contributed by atoms with E-state index in [1.54, 1.807) is 18.7 Å². The Bertz CT molecular complexity index is 904. The zero-order chi connectivity index (χ0) is 21.5. The number of aromatic amines is 1. The lowest BCUT2D eigenvalue weighted by Crippen LogP contribution is -2.51. The smallest absolute Gasteiger partial charge is 0.416 e. The Kier molecular flexibility index (Phi) is 5.23. The highest BCUT2D eigenvalue weighted by Crippen LogP contribution is 2.38. The third kappa shape index (κ3) is 4.44. The molecule has 1 aliphatic heterocycles. The van der Waals surface area contributed by atoms with Gasteiger partial charge in [-0.2, -0.15) is 18.3 Å². The van der Waals surface area contributed by atoms with Gasteiger partial charge in [-0.15, -0.1) is 0 Å². The van der Waals surface area contributed by atoms with Gasteiger partial charge in [-0.1, -0.05) is 0 Å². The first-order valence-electron chi connectivity index (χ1n) is 10.2. The van der Waals surface area contributed by atoms with E-state index in [0.29, 0.717) is 19.0 Å². The number of likely N-dealkylation sites (tertiary alicyclic amines) is 1. The number of nitrogens with zero attached hydrogens (tertiary/aromatic N) is 3. The number of alkyl halides is 3. The fourth-order valence-corrected chi connectivity index (χ4v) is 3.81. The van der Waals surface area contributed by atoms with Crippen molar-refractivity contribution in [2.24, 2.45) is 0 Å². The maximum absolute atomic E-state index is 13.1. The largest absolute Gasteiger partial charge is 0.478 e. The van der Waals surface area contributed by atoms with E-state index in [1.165, 1.54) is 12.1 Å². The van der Waals surface area contributed by atoms with Crippen LogP contribution in [-0.2, 0) is 11.0 Å². The first-order valence-corrected chi connectivity index (χ1v) is 10.2. The van der Waals surface area contributed by atoms with Gasteiger partial charge in [0.05, 0.1) is 5.56 Å². The lowest BCUT2D eigenvalue weighted by atomic mass is 9.95. The number of carbonyl (C=O) groups excluding carboxylic acids is 1. The fourth-order valence-electron chi connectivity index (χ4n) is 3.81. The molecular formula is C21H25F3N4O2. The van der Waals surface area contributed by atoms with Crippen molar-refractivity contribution in [3.05, 3.63) is 41.5 Å². The Labute approximate surface area is 172 Å². The molecule has 2 aliphatic rings. The van der Waals surface area contributed by atoms with Crippen molar-refractivity contribution < 1.29 is 22.7 Å². The maximum Gasteiger partial charge on any atom is 0.416 e. The molecule has 2 aromatic rings. The molecule has 1 amide bonds. The van der Waals surface area contributed by atoms with E-state index in [-0.39, 0.29) is 17.6 Å².